The summed E-state index contributed by atoms with van der Waals surface area (Å²) in [5.74, 6) is 1.46. The van der Waals surface area contributed by atoms with Crippen molar-refractivity contribution in [3.63, 3.8) is 0 Å². The number of nitrogens with zero attached hydrogens (tertiary/aromatic N) is 2. The van der Waals surface area contributed by atoms with Crippen LogP contribution in [0.2, 0.25) is 0 Å². The van der Waals surface area contributed by atoms with Crippen LogP contribution in [0.4, 0.5) is 0 Å². The molecule has 1 amide bonds. The Morgan fingerprint density at radius 3 is 2.18 bits per heavy atom. The first-order valence-electron chi connectivity index (χ1n) is 9.51. The lowest BCUT2D eigenvalue weighted by Crippen LogP contribution is -2.35. The second kappa shape index (κ2) is 9.46. The number of benzene rings is 2. The van der Waals surface area contributed by atoms with Crippen LogP contribution in [0.25, 0.3) is 0 Å². The van der Waals surface area contributed by atoms with E-state index >= 15 is 0 Å². The zero-order valence-electron chi connectivity index (χ0n) is 16.8. The summed E-state index contributed by atoms with van der Waals surface area (Å²) in [6.45, 7) is 4.18. The van der Waals surface area contributed by atoms with E-state index in [1.807, 2.05) is 11.0 Å². The normalized spacial score (nSPS) is 15.0. The van der Waals surface area contributed by atoms with E-state index in [0.717, 1.165) is 32.6 Å². The number of carbonyl (C=O) groups is 1. The highest BCUT2D eigenvalue weighted by molar-refractivity contribution is 5.95. The molecule has 2 aromatic rings. The fraction of sp³-hybridized carbons (Fsp3) is 0.409. The summed E-state index contributed by atoms with van der Waals surface area (Å²) < 4.78 is 16.1. The van der Waals surface area contributed by atoms with Gasteiger partial charge in [-0.3, -0.25) is 9.69 Å². The highest BCUT2D eigenvalue weighted by Crippen LogP contribution is 2.38. The van der Waals surface area contributed by atoms with Crippen LogP contribution in [0.15, 0.2) is 42.5 Å². The Bertz CT molecular complexity index is 769. The molecule has 0 aliphatic carbocycles. The Kier molecular flexibility index (Phi) is 6.76. The van der Waals surface area contributed by atoms with E-state index < -0.39 is 0 Å². The van der Waals surface area contributed by atoms with Crippen LogP contribution in [0, 0.1) is 0 Å². The fourth-order valence-electron chi connectivity index (χ4n) is 3.56. The molecular weight excluding hydrogens is 356 g/mol. The minimum absolute atomic E-state index is 0.0131. The molecule has 0 bridgehead atoms. The average Bonchev–Trinajstić information content (AvgIpc) is 2.98. The van der Waals surface area contributed by atoms with Crippen LogP contribution >= 0.6 is 0 Å². The SMILES string of the molecule is COc1cc(C(=O)N2CCCN(Cc3ccccc3)CC2)cc(OC)c1OC. The maximum Gasteiger partial charge on any atom is 0.254 e. The second-order valence-corrected chi connectivity index (χ2v) is 6.82. The van der Waals surface area contributed by atoms with Gasteiger partial charge in [0.05, 0.1) is 21.3 Å². The highest BCUT2D eigenvalue weighted by atomic mass is 16.5. The van der Waals surface area contributed by atoms with Crippen LogP contribution in [-0.2, 0) is 6.54 Å². The Morgan fingerprint density at radius 2 is 1.57 bits per heavy atom. The van der Waals surface area contributed by atoms with Gasteiger partial charge in [0.1, 0.15) is 0 Å². The molecule has 0 aromatic heterocycles. The van der Waals surface area contributed by atoms with Gasteiger partial charge in [0, 0.05) is 38.3 Å². The van der Waals surface area contributed by atoms with Crippen LogP contribution in [0.1, 0.15) is 22.3 Å². The van der Waals surface area contributed by atoms with E-state index in [9.17, 15) is 4.79 Å². The molecule has 1 saturated heterocycles. The number of rotatable bonds is 6. The summed E-state index contributed by atoms with van der Waals surface area (Å²) >= 11 is 0. The molecule has 150 valence electrons. The number of methoxy groups -OCH3 is 3. The zero-order chi connectivity index (χ0) is 19.9. The molecular formula is C22H28N2O4. The molecule has 0 radical (unpaired) electrons. The number of amides is 1. The predicted molar refractivity (Wildman–Crippen MR) is 108 cm³/mol. The first-order valence-corrected chi connectivity index (χ1v) is 9.51. The third kappa shape index (κ3) is 4.57. The van der Waals surface area contributed by atoms with Crippen molar-refractivity contribution in [1.29, 1.82) is 0 Å². The van der Waals surface area contributed by atoms with Crippen molar-refractivity contribution in [2.45, 2.75) is 13.0 Å². The van der Waals surface area contributed by atoms with Gasteiger partial charge >= 0.3 is 0 Å². The molecule has 0 saturated carbocycles. The quantitative estimate of drug-likeness (QED) is 0.766. The number of hydrogen-bond acceptors (Lipinski definition) is 5. The van der Waals surface area contributed by atoms with Crippen molar-refractivity contribution in [2.75, 3.05) is 47.5 Å². The third-order valence-corrected chi connectivity index (χ3v) is 5.04. The van der Waals surface area contributed by atoms with Crippen LogP contribution in [0.3, 0.4) is 0 Å². The molecule has 6 nitrogen and oxygen atoms in total. The second-order valence-electron chi connectivity index (χ2n) is 6.82. The van der Waals surface area contributed by atoms with E-state index in [-0.39, 0.29) is 5.91 Å². The number of hydrogen-bond donors (Lipinski definition) is 0. The lowest BCUT2D eigenvalue weighted by molar-refractivity contribution is 0.0760. The Balaban J connectivity index is 1.71. The lowest BCUT2D eigenvalue weighted by atomic mass is 10.1. The van der Waals surface area contributed by atoms with E-state index in [1.165, 1.54) is 5.56 Å². The van der Waals surface area contributed by atoms with Gasteiger partial charge in [-0.2, -0.15) is 0 Å². The molecule has 1 fully saturated rings. The Hall–Kier alpha value is -2.73. The van der Waals surface area contributed by atoms with E-state index in [2.05, 4.69) is 29.2 Å². The average molecular weight is 384 g/mol. The van der Waals surface area contributed by atoms with Gasteiger partial charge in [0.15, 0.2) is 11.5 Å². The number of ether oxygens (including phenoxy) is 3. The standard InChI is InChI=1S/C22H28N2O4/c1-26-19-14-18(15-20(27-2)21(19)28-3)22(25)24-11-7-10-23(12-13-24)16-17-8-5-4-6-9-17/h4-6,8-9,14-15H,7,10-13,16H2,1-3H3. The minimum atomic E-state index is -0.0131. The maximum atomic E-state index is 13.1. The molecule has 1 aliphatic heterocycles. The summed E-state index contributed by atoms with van der Waals surface area (Å²) in [4.78, 5) is 17.4. The van der Waals surface area contributed by atoms with E-state index in [0.29, 0.717) is 29.4 Å². The summed E-state index contributed by atoms with van der Waals surface area (Å²) in [5.41, 5.74) is 1.85. The maximum absolute atomic E-state index is 13.1. The molecule has 28 heavy (non-hydrogen) atoms. The smallest absolute Gasteiger partial charge is 0.254 e. The van der Waals surface area contributed by atoms with Gasteiger partial charge in [-0.1, -0.05) is 30.3 Å². The topological polar surface area (TPSA) is 51.2 Å². The van der Waals surface area contributed by atoms with Gasteiger partial charge in [0.2, 0.25) is 5.75 Å². The van der Waals surface area contributed by atoms with Gasteiger partial charge < -0.3 is 19.1 Å². The third-order valence-electron chi connectivity index (χ3n) is 5.04. The van der Waals surface area contributed by atoms with Gasteiger partial charge in [-0.15, -0.1) is 0 Å². The molecule has 1 aliphatic rings. The summed E-state index contributed by atoms with van der Waals surface area (Å²) in [5, 5.41) is 0. The van der Waals surface area contributed by atoms with Crippen molar-refractivity contribution in [3.05, 3.63) is 53.6 Å². The summed E-state index contributed by atoms with van der Waals surface area (Å²) in [7, 11) is 4.66. The first-order chi connectivity index (χ1) is 13.7. The summed E-state index contributed by atoms with van der Waals surface area (Å²) in [6, 6.07) is 13.9. The zero-order valence-corrected chi connectivity index (χ0v) is 16.8. The largest absolute Gasteiger partial charge is 0.493 e. The van der Waals surface area contributed by atoms with Crippen molar-refractivity contribution in [2.24, 2.45) is 0 Å². The van der Waals surface area contributed by atoms with E-state index in [1.54, 1.807) is 33.5 Å². The fourth-order valence-corrected chi connectivity index (χ4v) is 3.56. The Labute approximate surface area is 166 Å². The van der Waals surface area contributed by atoms with Crippen molar-refractivity contribution in [3.8, 4) is 17.2 Å². The molecule has 1 heterocycles. The van der Waals surface area contributed by atoms with Gasteiger partial charge in [-0.25, -0.2) is 0 Å². The molecule has 0 N–H and O–H groups in total. The van der Waals surface area contributed by atoms with Crippen molar-refractivity contribution >= 4 is 5.91 Å². The van der Waals surface area contributed by atoms with Gasteiger partial charge in [0.25, 0.3) is 5.91 Å². The molecule has 0 spiro atoms. The molecule has 0 atom stereocenters. The summed E-state index contributed by atoms with van der Waals surface area (Å²) in [6.07, 6.45) is 0.947. The van der Waals surface area contributed by atoms with Crippen LogP contribution < -0.4 is 14.2 Å². The first kappa shape index (κ1) is 20.0. The Morgan fingerprint density at radius 1 is 0.893 bits per heavy atom. The lowest BCUT2D eigenvalue weighted by Gasteiger charge is -2.23. The van der Waals surface area contributed by atoms with Gasteiger partial charge in [-0.05, 0) is 24.1 Å². The van der Waals surface area contributed by atoms with Crippen LogP contribution in [0.5, 0.6) is 17.2 Å². The van der Waals surface area contributed by atoms with Crippen LogP contribution in [-0.4, -0.2) is 63.2 Å². The highest BCUT2D eigenvalue weighted by Gasteiger charge is 2.23. The minimum Gasteiger partial charge on any atom is -0.493 e. The molecule has 6 heteroatoms. The number of carbonyl (C=O) groups excluding carboxylic acids is 1. The molecule has 0 unspecified atom stereocenters. The monoisotopic (exact) mass is 384 g/mol. The van der Waals surface area contributed by atoms with Crippen molar-refractivity contribution in [1.82, 2.24) is 9.80 Å². The molecule has 3 rings (SSSR count). The predicted octanol–water partition coefficient (Wildman–Crippen LogP) is 3.06. The van der Waals surface area contributed by atoms with E-state index in [4.69, 9.17) is 14.2 Å². The van der Waals surface area contributed by atoms with Crippen molar-refractivity contribution < 1.29 is 19.0 Å². The molecule has 2 aromatic carbocycles.